The van der Waals surface area contributed by atoms with Crippen LogP contribution in [0.2, 0.25) is 5.15 Å². The average Bonchev–Trinajstić information content (AvgIpc) is 2.27. The minimum Gasteiger partial charge on any atom is -0.364 e. The second-order valence-electron chi connectivity index (χ2n) is 3.75. The Morgan fingerprint density at radius 1 is 1.42 bits per heavy atom. The number of ether oxygens (including phenoxy) is 1. The van der Waals surface area contributed by atoms with Gasteiger partial charge in [-0.3, -0.25) is 9.53 Å². The van der Waals surface area contributed by atoms with Crippen LogP contribution in [0.4, 0.5) is 19.0 Å². The van der Waals surface area contributed by atoms with E-state index < -0.39 is 18.5 Å². The molecule has 0 aliphatic heterocycles. The zero-order valence-electron chi connectivity index (χ0n) is 10.0. The summed E-state index contributed by atoms with van der Waals surface area (Å²) in [4.78, 5) is 18.2. The van der Waals surface area contributed by atoms with Gasteiger partial charge in [-0.15, -0.1) is 13.2 Å². The van der Waals surface area contributed by atoms with Crippen LogP contribution in [-0.4, -0.2) is 34.8 Å². The Morgan fingerprint density at radius 2 is 2.05 bits per heavy atom. The highest BCUT2D eigenvalue weighted by atomic mass is 35.5. The summed E-state index contributed by atoms with van der Waals surface area (Å²) in [5.74, 6) is 0.0557. The van der Waals surface area contributed by atoms with Crippen LogP contribution < -0.4 is 5.32 Å². The Hall–Kier alpha value is -1.41. The number of aldehydes is 1. The molecule has 0 aliphatic rings. The maximum absolute atomic E-state index is 12.1. The molecule has 0 radical (unpaired) electrons. The second kappa shape index (κ2) is 6.16. The molecule has 5 nitrogen and oxygen atoms in total. The zero-order chi connectivity index (χ0) is 14.6. The van der Waals surface area contributed by atoms with Crippen LogP contribution in [-0.2, 0) is 4.74 Å². The molecule has 0 spiro atoms. The largest absolute Gasteiger partial charge is 0.522 e. The highest BCUT2D eigenvalue weighted by molar-refractivity contribution is 6.32. The number of hydrogen-bond donors (Lipinski definition) is 1. The molecule has 1 aromatic heterocycles. The van der Waals surface area contributed by atoms with Crippen LogP contribution in [0.1, 0.15) is 24.2 Å². The normalized spacial score (nSPS) is 14.8. The van der Waals surface area contributed by atoms with Gasteiger partial charge in [-0.05, 0) is 13.8 Å². The van der Waals surface area contributed by atoms with Crippen molar-refractivity contribution in [3.63, 3.8) is 0 Å². The highest BCUT2D eigenvalue weighted by Crippen LogP contribution is 2.23. The lowest BCUT2D eigenvalue weighted by Crippen LogP contribution is -2.35. The van der Waals surface area contributed by atoms with Crippen LogP contribution in [0.15, 0.2) is 6.33 Å². The molecule has 0 aromatic carbocycles. The van der Waals surface area contributed by atoms with Crippen molar-refractivity contribution < 1.29 is 22.7 Å². The quantitative estimate of drug-likeness (QED) is 0.668. The minimum absolute atomic E-state index is 0.0183. The monoisotopic (exact) mass is 297 g/mol. The van der Waals surface area contributed by atoms with E-state index in [1.807, 2.05) is 0 Å². The molecule has 1 aromatic rings. The van der Waals surface area contributed by atoms with E-state index in [0.29, 0.717) is 6.29 Å². The minimum atomic E-state index is -4.73. The topological polar surface area (TPSA) is 64.1 Å². The molecule has 1 rings (SSSR count). The Kier molecular flexibility index (Phi) is 5.07. The van der Waals surface area contributed by atoms with Crippen LogP contribution in [0.5, 0.6) is 0 Å². The summed E-state index contributed by atoms with van der Waals surface area (Å²) in [6.07, 6.45) is -4.38. The summed E-state index contributed by atoms with van der Waals surface area (Å²) in [5.41, 5.74) is -0.0183. The molecule has 9 heteroatoms. The van der Waals surface area contributed by atoms with Crippen LogP contribution in [0, 0.1) is 0 Å². The molecule has 2 atom stereocenters. The number of alkyl halides is 3. The lowest BCUT2D eigenvalue weighted by molar-refractivity contribution is -0.341. The molecule has 19 heavy (non-hydrogen) atoms. The third kappa shape index (κ3) is 4.64. The summed E-state index contributed by atoms with van der Waals surface area (Å²) >= 11 is 5.67. The molecule has 106 valence electrons. The molecule has 0 saturated heterocycles. The number of anilines is 1. The van der Waals surface area contributed by atoms with Gasteiger partial charge in [0.1, 0.15) is 17.3 Å². The molecule has 1 heterocycles. The summed E-state index contributed by atoms with van der Waals surface area (Å²) in [6, 6.07) is -0.744. The summed E-state index contributed by atoms with van der Waals surface area (Å²) in [7, 11) is 0. The van der Waals surface area contributed by atoms with Crippen LogP contribution >= 0.6 is 11.6 Å². The van der Waals surface area contributed by atoms with Crippen molar-refractivity contribution in [2.45, 2.75) is 32.4 Å². The SMILES string of the molecule is CC(OC(F)(F)F)[C@H](C)Nc1ncnc(Cl)c1C=O. The smallest absolute Gasteiger partial charge is 0.364 e. The molecule has 0 saturated carbocycles. The molecule has 0 aliphatic carbocycles. The predicted molar refractivity (Wildman–Crippen MR) is 62.1 cm³/mol. The number of carbonyl (C=O) groups is 1. The Balaban J connectivity index is 2.79. The van der Waals surface area contributed by atoms with E-state index in [1.54, 1.807) is 0 Å². The molecule has 0 amide bonds. The van der Waals surface area contributed by atoms with Crippen molar-refractivity contribution in [1.82, 2.24) is 9.97 Å². The highest BCUT2D eigenvalue weighted by Gasteiger charge is 2.34. The van der Waals surface area contributed by atoms with Crippen LogP contribution in [0.25, 0.3) is 0 Å². The second-order valence-corrected chi connectivity index (χ2v) is 4.10. The van der Waals surface area contributed by atoms with Gasteiger partial charge in [0, 0.05) is 0 Å². The lowest BCUT2D eigenvalue weighted by atomic mass is 10.2. The molecule has 0 bridgehead atoms. The van der Waals surface area contributed by atoms with Crippen molar-refractivity contribution in [1.29, 1.82) is 0 Å². The number of carbonyl (C=O) groups excluding carboxylic acids is 1. The van der Waals surface area contributed by atoms with E-state index in [1.165, 1.54) is 13.8 Å². The number of nitrogens with zero attached hydrogens (tertiary/aromatic N) is 2. The third-order valence-corrected chi connectivity index (χ3v) is 2.64. The van der Waals surface area contributed by atoms with Gasteiger partial charge in [0.15, 0.2) is 6.29 Å². The Labute approximate surface area is 112 Å². The first kappa shape index (κ1) is 15.6. The van der Waals surface area contributed by atoms with E-state index in [9.17, 15) is 18.0 Å². The number of halogens is 4. The third-order valence-electron chi connectivity index (χ3n) is 2.34. The fourth-order valence-electron chi connectivity index (χ4n) is 1.24. The maximum Gasteiger partial charge on any atom is 0.522 e. The van der Waals surface area contributed by atoms with E-state index in [-0.39, 0.29) is 16.5 Å². The Bertz CT molecular complexity index is 456. The molecule has 1 N–H and O–H groups in total. The van der Waals surface area contributed by atoms with Gasteiger partial charge in [0.25, 0.3) is 0 Å². The fraction of sp³-hybridized carbons (Fsp3) is 0.500. The standard InChI is InChI=1S/C10H11ClF3N3O2/c1-5(6(2)19-10(12,13)14)17-9-7(3-18)8(11)15-4-16-9/h3-6H,1-2H3,(H,15,16,17)/t5-,6?/m0/s1. The van der Waals surface area contributed by atoms with Gasteiger partial charge in [0.2, 0.25) is 0 Å². The van der Waals surface area contributed by atoms with Gasteiger partial charge < -0.3 is 5.32 Å². The van der Waals surface area contributed by atoms with Crippen molar-refractivity contribution in [2.75, 3.05) is 5.32 Å². The zero-order valence-corrected chi connectivity index (χ0v) is 10.8. The summed E-state index contributed by atoms with van der Waals surface area (Å²) in [6.45, 7) is 2.70. The van der Waals surface area contributed by atoms with Gasteiger partial charge in [-0.25, -0.2) is 9.97 Å². The van der Waals surface area contributed by atoms with E-state index in [4.69, 9.17) is 11.6 Å². The molecular weight excluding hydrogens is 287 g/mol. The maximum atomic E-state index is 12.1. The first-order valence-electron chi connectivity index (χ1n) is 5.21. The van der Waals surface area contributed by atoms with Crippen molar-refractivity contribution in [3.8, 4) is 0 Å². The average molecular weight is 298 g/mol. The van der Waals surface area contributed by atoms with Crippen LogP contribution in [0.3, 0.4) is 0 Å². The number of rotatable bonds is 5. The molecule has 1 unspecified atom stereocenters. The summed E-state index contributed by atoms with van der Waals surface area (Å²) < 4.78 is 40.0. The first-order valence-corrected chi connectivity index (χ1v) is 5.59. The fourth-order valence-corrected chi connectivity index (χ4v) is 1.42. The number of aromatic nitrogens is 2. The van der Waals surface area contributed by atoms with Gasteiger partial charge in [-0.2, -0.15) is 0 Å². The first-order chi connectivity index (χ1) is 8.74. The predicted octanol–water partition coefficient (Wildman–Crippen LogP) is 2.67. The van der Waals surface area contributed by atoms with Crippen molar-refractivity contribution in [2.24, 2.45) is 0 Å². The van der Waals surface area contributed by atoms with Gasteiger partial charge >= 0.3 is 6.36 Å². The van der Waals surface area contributed by atoms with E-state index in [0.717, 1.165) is 6.33 Å². The van der Waals surface area contributed by atoms with Crippen molar-refractivity contribution >= 4 is 23.7 Å². The summed E-state index contributed by atoms with van der Waals surface area (Å²) in [5, 5.41) is 2.55. The number of nitrogens with one attached hydrogen (secondary N) is 1. The van der Waals surface area contributed by atoms with Crippen molar-refractivity contribution in [3.05, 3.63) is 17.0 Å². The van der Waals surface area contributed by atoms with E-state index >= 15 is 0 Å². The Morgan fingerprint density at radius 3 is 2.58 bits per heavy atom. The molecular formula is C10H11ClF3N3O2. The van der Waals surface area contributed by atoms with Gasteiger partial charge in [0.05, 0.1) is 17.7 Å². The van der Waals surface area contributed by atoms with E-state index in [2.05, 4.69) is 20.0 Å². The lowest BCUT2D eigenvalue weighted by Gasteiger charge is -2.23. The molecule has 0 fully saturated rings. The van der Waals surface area contributed by atoms with Gasteiger partial charge in [-0.1, -0.05) is 11.6 Å². The number of hydrogen-bond acceptors (Lipinski definition) is 5.